The number of H-pyrrole nitrogens is 1. The minimum Gasteiger partial charge on any atom is -0.336 e. The monoisotopic (exact) mass is 345 g/mol. The van der Waals surface area contributed by atoms with Gasteiger partial charge < -0.3 is 15.1 Å². The predicted molar refractivity (Wildman–Crippen MR) is 94.9 cm³/mol. The van der Waals surface area contributed by atoms with Crippen LogP contribution in [0.4, 0.5) is 4.79 Å². The Hall–Kier alpha value is -2.35. The second-order valence-corrected chi connectivity index (χ2v) is 6.85. The van der Waals surface area contributed by atoms with Gasteiger partial charge in [-0.1, -0.05) is 0 Å². The number of hydrogen-bond acceptors (Lipinski definition) is 4. The molecule has 136 valence electrons. The summed E-state index contributed by atoms with van der Waals surface area (Å²) in [7, 11) is 5.93. The number of piperidine rings is 1. The molecule has 8 heteroatoms. The van der Waals surface area contributed by atoms with Crippen LogP contribution in [0.1, 0.15) is 42.5 Å². The lowest BCUT2D eigenvalue weighted by Gasteiger charge is -2.36. The van der Waals surface area contributed by atoms with Crippen LogP contribution in [0.15, 0.2) is 24.8 Å². The number of aryl methyl sites for hydroxylation is 1. The summed E-state index contributed by atoms with van der Waals surface area (Å²) in [6.07, 6.45) is 10.7. The third-order valence-electron chi connectivity index (χ3n) is 4.85. The Bertz CT molecular complexity index is 679. The van der Waals surface area contributed by atoms with Gasteiger partial charge >= 0.3 is 6.03 Å². The van der Waals surface area contributed by atoms with Gasteiger partial charge in [-0.3, -0.25) is 9.78 Å². The largest absolute Gasteiger partial charge is 0.336 e. The second kappa shape index (κ2) is 7.69. The molecule has 0 radical (unpaired) electrons. The minimum atomic E-state index is -0.0124. The van der Waals surface area contributed by atoms with Crippen molar-refractivity contribution in [3.05, 3.63) is 35.9 Å². The number of likely N-dealkylation sites (N-methyl/N-ethyl adjacent to an activating group) is 1. The van der Waals surface area contributed by atoms with Crippen molar-refractivity contribution in [2.45, 2.75) is 31.3 Å². The molecule has 0 aliphatic carbocycles. The van der Waals surface area contributed by atoms with Crippen molar-refractivity contribution in [3.8, 4) is 0 Å². The van der Waals surface area contributed by atoms with Crippen LogP contribution < -0.4 is 5.32 Å². The van der Waals surface area contributed by atoms with Crippen molar-refractivity contribution in [2.24, 2.45) is 7.05 Å². The molecule has 1 fully saturated rings. The summed E-state index contributed by atoms with van der Waals surface area (Å²) in [4.78, 5) is 16.8. The van der Waals surface area contributed by atoms with Crippen molar-refractivity contribution in [2.75, 3.05) is 27.2 Å². The lowest BCUT2D eigenvalue weighted by molar-refractivity contribution is 0.148. The van der Waals surface area contributed by atoms with E-state index in [0.29, 0.717) is 6.54 Å². The van der Waals surface area contributed by atoms with E-state index in [1.54, 1.807) is 4.68 Å². The summed E-state index contributed by atoms with van der Waals surface area (Å²) in [5.41, 5.74) is 2.17. The van der Waals surface area contributed by atoms with Crippen molar-refractivity contribution >= 4 is 6.03 Å². The third-order valence-corrected chi connectivity index (χ3v) is 4.85. The molecule has 8 nitrogen and oxygen atoms in total. The van der Waals surface area contributed by atoms with Crippen molar-refractivity contribution < 1.29 is 4.79 Å². The molecule has 0 unspecified atom stereocenters. The number of nitrogens with zero attached hydrogens (tertiary/aromatic N) is 5. The average Bonchev–Trinajstić information content (AvgIpc) is 3.26. The molecular formula is C17H27N7O. The minimum absolute atomic E-state index is 0.0124. The summed E-state index contributed by atoms with van der Waals surface area (Å²) < 4.78 is 1.78. The van der Waals surface area contributed by atoms with Gasteiger partial charge in [-0.15, -0.1) is 0 Å². The van der Waals surface area contributed by atoms with Crippen molar-refractivity contribution in [1.29, 1.82) is 0 Å². The smallest absolute Gasteiger partial charge is 0.317 e. The number of aromatic amines is 1. The number of likely N-dealkylation sites (tertiary alicyclic amines) is 1. The van der Waals surface area contributed by atoms with E-state index in [1.165, 1.54) is 0 Å². The number of hydrogen-bond donors (Lipinski definition) is 2. The number of carbonyl (C=O) groups excluding carboxylic acids is 1. The highest BCUT2D eigenvalue weighted by Crippen LogP contribution is 2.30. The quantitative estimate of drug-likeness (QED) is 0.864. The van der Waals surface area contributed by atoms with Gasteiger partial charge in [0.25, 0.3) is 0 Å². The van der Waals surface area contributed by atoms with Crippen LogP contribution in [0.3, 0.4) is 0 Å². The first-order chi connectivity index (χ1) is 12.1. The number of carbonyl (C=O) groups is 1. The average molecular weight is 345 g/mol. The fourth-order valence-electron chi connectivity index (χ4n) is 3.46. The van der Waals surface area contributed by atoms with Crippen LogP contribution in [0.2, 0.25) is 0 Å². The zero-order valence-corrected chi connectivity index (χ0v) is 15.1. The molecule has 25 heavy (non-hydrogen) atoms. The first-order valence-corrected chi connectivity index (χ1v) is 8.74. The van der Waals surface area contributed by atoms with Crippen LogP contribution in [0, 0.1) is 0 Å². The van der Waals surface area contributed by atoms with Crippen molar-refractivity contribution in [3.63, 3.8) is 0 Å². The summed E-state index contributed by atoms with van der Waals surface area (Å²) >= 11 is 0. The summed E-state index contributed by atoms with van der Waals surface area (Å²) in [6.45, 7) is 1.33. The van der Waals surface area contributed by atoms with Crippen LogP contribution in [-0.2, 0) is 7.05 Å². The van der Waals surface area contributed by atoms with E-state index >= 15 is 0 Å². The molecule has 0 aromatic carbocycles. The van der Waals surface area contributed by atoms with E-state index in [0.717, 1.165) is 36.9 Å². The highest BCUT2D eigenvalue weighted by Gasteiger charge is 2.29. The molecule has 1 aliphatic rings. The number of rotatable bonds is 5. The molecule has 0 spiro atoms. The highest BCUT2D eigenvalue weighted by molar-refractivity contribution is 5.75. The summed E-state index contributed by atoms with van der Waals surface area (Å²) in [5, 5.41) is 14.2. The normalized spacial score (nSPS) is 19.2. The number of amides is 2. The molecule has 3 heterocycles. The summed E-state index contributed by atoms with van der Waals surface area (Å²) in [6, 6.07) is 0.181. The first kappa shape index (κ1) is 17.5. The summed E-state index contributed by atoms with van der Waals surface area (Å²) in [5.74, 6) is 0. The Morgan fingerprint density at radius 2 is 2.28 bits per heavy atom. The fourth-order valence-corrected chi connectivity index (χ4v) is 3.46. The Labute approximate surface area is 148 Å². The van der Waals surface area contributed by atoms with Gasteiger partial charge in [-0.05, 0) is 33.4 Å². The molecule has 2 aromatic rings. The van der Waals surface area contributed by atoms with E-state index in [4.69, 9.17) is 0 Å². The van der Waals surface area contributed by atoms with Gasteiger partial charge in [-0.2, -0.15) is 10.2 Å². The molecule has 1 aliphatic heterocycles. The first-order valence-electron chi connectivity index (χ1n) is 8.74. The standard InChI is InChI=1S/C17H27N7O/c1-22(2)16(14-10-21-23(3)12-14)11-18-17(25)24-7-5-4-6-15(24)13-8-19-20-9-13/h8-10,12,15-16H,4-7,11H2,1-3H3,(H,18,25)(H,19,20)/t15-,16+/m1/s1. The van der Waals surface area contributed by atoms with Gasteiger partial charge in [0.15, 0.2) is 0 Å². The zero-order valence-electron chi connectivity index (χ0n) is 15.1. The molecule has 0 saturated carbocycles. The number of urea groups is 1. The molecule has 2 aromatic heterocycles. The SMILES string of the molecule is CN(C)[C@@H](CNC(=O)N1CCCC[C@@H]1c1cn[nH]c1)c1cnn(C)c1. The van der Waals surface area contributed by atoms with Gasteiger partial charge in [0.2, 0.25) is 0 Å². The Morgan fingerprint density at radius 1 is 1.44 bits per heavy atom. The Kier molecular flexibility index (Phi) is 5.37. The number of nitrogens with one attached hydrogen (secondary N) is 2. The molecule has 1 saturated heterocycles. The van der Waals surface area contributed by atoms with Crippen molar-refractivity contribution in [1.82, 2.24) is 35.1 Å². The van der Waals surface area contributed by atoms with Crippen LogP contribution in [0.5, 0.6) is 0 Å². The lowest BCUT2D eigenvalue weighted by atomic mass is 9.98. The second-order valence-electron chi connectivity index (χ2n) is 6.85. The number of aromatic nitrogens is 4. The van der Waals surface area contributed by atoms with Crippen LogP contribution >= 0.6 is 0 Å². The van der Waals surface area contributed by atoms with E-state index in [-0.39, 0.29) is 18.1 Å². The Morgan fingerprint density at radius 3 is 2.92 bits per heavy atom. The molecule has 2 atom stereocenters. The predicted octanol–water partition coefficient (Wildman–Crippen LogP) is 1.68. The van der Waals surface area contributed by atoms with E-state index < -0.39 is 0 Å². The highest BCUT2D eigenvalue weighted by atomic mass is 16.2. The van der Waals surface area contributed by atoms with Gasteiger partial charge in [0.1, 0.15) is 0 Å². The Balaban J connectivity index is 1.65. The maximum Gasteiger partial charge on any atom is 0.317 e. The third kappa shape index (κ3) is 4.01. The van der Waals surface area contributed by atoms with Crippen LogP contribution in [0.25, 0.3) is 0 Å². The topological polar surface area (TPSA) is 82.1 Å². The molecular weight excluding hydrogens is 318 g/mol. The van der Waals surface area contributed by atoms with E-state index in [1.807, 2.05) is 50.8 Å². The maximum atomic E-state index is 12.8. The lowest BCUT2D eigenvalue weighted by Crippen LogP contribution is -2.46. The van der Waals surface area contributed by atoms with Gasteiger partial charge in [0, 0.05) is 43.7 Å². The molecule has 0 bridgehead atoms. The van der Waals surface area contributed by atoms with Crippen LogP contribution in [-0.4, -0.2) is 63.0 Å². The van der Waals surface area contributed by atoms with E-state index in [9.17, 15) is 4.79 Å². The molecule has 3 rings (SSSR count). The van der Waals surface area contributed by atoms with Gasteiger partial charge in [-0.25, -0.2) is 4.79 Å². The molecule has 2 N–H and O–H groups in total. The van der Waals surface area contributed by atoms with E-state index in [2.05, 4.69) is 25.5 Å². The fraction of sp³-hybridized carbons (Fsp3) is 0.588. The maximum absolute atomic E-state index is 12.8. The zero-order chi connectivity index (χ0) is 17.8. The molecule has 2 amide bonds. The van der Waals surface area contributed by atoms with Gasteiger partial charge in [0.05, 0.1) is 24.5 Å².